The highest BCUT2D eigenvalue weighted by Crippen LogP contribution is 2.36. The van der Waals surface area contributed by atoms with Gasteiger partial charge in [-0.05, 0) is 25.1 Å². The number of nitrogens with zero attached hydrogens (tertiary/aromatic N) is 4. The maximum Gasteiger partial charge on any atom is 0.343 e. The Balaban J connectivity index is 1.62. The average Bonchev–Trinajstić information content (AvgIpc) is 2.67. The molecule has 0 amide bonds. The van der Waals surface area contributed by atoms with Crippen LogP contribution < -0.4 is 5.32 Å². The normalized spacial score (nSPS) is 14.9. The van der Waals surface area contributed by atoms with Crippen molar-refractivity contribution in [3.8, 4) is 0 Å². The molecule has 0 unspecified atom stereocenters. The molecule has 26 heavy (non-hydrogen) atoms. The van der Waals surface area contributed by atoms with Crippen LogP contribution in [0.2, 0.25) is 0 Å². The number of rotatable bonds is 8. The van der Waals surface area contributed by atoms with E-state index in [1.807, 2.05) is 30.3 Å². The van der Waals surface area contributed by atoms with Crippen LogP contribution in [0.25, 0.3) is 0 Å². The van der Waals surface area contributed by atoms with Gasteiger partial charge < -0.3 is 10.1 Å². The second-order valence-electron chi connectivity index (χ2n) is 5.78. The summed E-state index contributed by atoms with van der Waals surface area (Å²) in [6.07, 6.45) is 2.24. The fraction of sp³-hybridized carbons (Fsp3) is 0.412. The van der Waals surface area contributed by atoms with Gasteiger partial charge in [0.1, 0.15) is 6.33 Å². The minimum atomic E-state index is -0.421. The van der Waals surface area contributed by atoms with Crippen molar-refractivity contribution in [2.24, 2.45) is 0 Å². The monoisotopic (exact) mass is 375 g/mol. The number of hydrogen-bond acceptors (Lipinski definition) is 8. The van der Waals surface area contributed by atoms with Crippen LogP contribution in [0.5, 0.6) is 0 Å². The molecule has 138 valence electrons. The van der Waals surface area contributed by atoms with E-state index < -0.39 is 4.92 Å². The van der Waals surface area contributed by atoms with Crippen molar-refractivity contribution in [1.29, 1.82) is 0 Å². The quantitative estimate of drug-likeness (QED) is 0.326. The van der Waals surface area contributed by atoms with Crippen LogP contribution in [-0.2, 0) is 4.74 Å². The van der Waals surface area contributed by atoms with E-state index in [0.29, 0.717) is 11.6 Å². The SMILES string of the molecule is O=[N+]([O-])c1c(NCCCN2CCOCC2)ncnc1Sc1ccccc1. The van der Waals surface area contributed by atoms with Gasteiger partial charge >= 0.3 is 5.69 Å². The van der Waals surface area contributed by atoms with Gasteiger partial charge in [0.15, 0.2) is 5.03 Å². The summed E-state index contributed by atoms with van der Waals surface area (Å²) in [6, 6.07) is 9.47. The number of aromatic nitrogens is 2. The van der Waals surface area contributed by atoms with Gasteiger partial charge in [-0.15, -0.1) is 0 Å². The van der Waals surface area contributed by atoms with Crippen LogP contribution in [0.4, 0.5) is 11.5 Å². The second kappa shape index (κ2) is 9.46. The van der Waals surface area contributed by atoms with Crippen molar-refractivity contribution in [2.45, 2.75) is 16.3 Å². The number of morpholine rings is 1. The van der Waals surface area contributed by atoms with Gasteiger partial charge in [-0.2, -0.15) is 0 Å². The van der Waals surface area contributed by atoms with E-state index in [1.54, 1.807) is 0 Å². The van der Waals surface area contributed by atoms with E-state index in [1.165, 1.54) is 18.1 Å². The number of anilines is 1. The van der Waals surface area contributed by atoms with Gasteiger partial charge in [0, 0.05) is 24.5 Å². The van der Waals surface area contributed by atoms with E-state index in [4.69, 9.17) is 4.74 Å². The van der Waals surface area contributed by atoms with Crippen molar-refractivity contribution in [1.82, 2.24) is 14.9 Å². The summed E-state index contributed by atoms with van der Waals surface area (Å²) in [4.78, 5) is 22.5. The zero-order valence-corrected chi connectivity index (χ0v) is 15.2. The first-order valence-corrected chi connectivity index (χ1v) is 9.32. The molecule has 1 N–H and O–H groups in total. The van der Waals surface area contributed by atoms with Gasteiger partial charge in [0.25, 0.3) is 0 Å². The molecule has 0 radical (unpaired) electrons. The van der Waals surface area contributed by atoms with Crippen molar-refractivity contribution < 1.29 is 9.66 Å². The van der Waals surface area contributed by atoms with E-state index in [2.05, 4.69) is 20.2 Å². The maximum atomic E-state index is 11.6. The Morgan fingerprint density at radius 3 is 2.73 bits per heavy atom. The summed E-state index contributed by atoms with van der Waals surface area (Å²) in [5.41, 5.74) is -0.0762. The first kappa shape index (κ1) is 18.6. The van der Waals surface area contributed by atoms with Gasteiger partial charge in [-0.1, -0.05) is 30.0 Å². The highest BCUT2D eigenvalue weighted by molar-refractivity contribution is 7.99. The van der Waals surface area contributed by atoms with E-state index in [0.717, 1.165) is 44.2 Å². The molecule has 1 aliphatic rings. The Labute approximate surface area is 156 Å². The topological polar surface area (TPSA) is 93.4 Å². The summed E-state index contributed by atoms with van der Waals surface area (Å²) >= 11 is 1.26. The molecular formula is C17H21N5O3S. The fourth-order valence-corrected chi connectivity index (χ4v) is 3.55. The third kappa shape index (κ3) is 5.13. The highest BCUT2D eigenvalue weighted by atomic mass is 32.2. The van der Waals surface area contributed by atoms with Gasteiger partial charge in [-0.3, -0.25) is 15.0 Å². The van der Waals surface area contributed by atoms with Crippen molar-refractivity contribution in [3.05, 3.63) is 46.8 Å². The first-order valence-electron chi connectivity index (χ1n) is 8.50. The third-order valence-corrected chi connectivity index (χ3v) is 4.98. The highest BCUT2D eigenvalue weighted by Gasteiger charge is 2.23. The minimum Gasteiger partial charge on any atom is -0.379 e. The smallest absolute Gasteiger partial charge is 0.343 e. The Bertz CT molecular complexity index is 726. The molecule has 0 aliphatic carbocycles. The average molecular weight is 375 g/mol. The van der Waals surface area contributed by atoms with Crippen LogP contribution >= 0.6 is 11.8 Å². The molecule has 0 saturated carbocycles. The first-order chi connectivity index (χ1) is 12.7. The fourth-order valence-electron chi connectivity index (χ4n) is 2.67. The zero-order chi connectivity index (χ0) is 18.2. The Kier molecular flexibility index (Phi) is 6.75. The van der Waals surface area contributed by atoms with Crippen molar-refractivity contribution in [2.75, 3.05) is 44.7 Å². The Morgan fingerprint density at radius 2 is 2.00 bits per heavy atom. The van der Waals surface area contributed by atoms with Gasteiger partial charge in [-0.25, -0.2) is 9.97 Å². The lowest BCUT2D eigenvalue weighted by molar-refractivity contribution is -0.387. The number of nitrogens with one attached hydrogen (secondary N) is 1. The van der Waals surface area contributed by atoms with E-state index in [9.17, 15) is 10.1 Å². The summed E-state index contributed by atoms with van der Waals surface area (Å²) in [7, 11) is 0. The van der Waals surface area contributed by atoms with Gasteiger partial charge in [0.05, 0.1) is 18.1 Å². The molecule has 9 heteroatoms. The Morgan fingerprint density at radius 1 is 1.23 bits per heavy atom. The molecule has 1 fully saturated rings. The molecule has 1 aromatic heterocycles. The molecule has 1 aromatic carbocycles. The molecule has 0 spiro atoms. The molecule has 1 aliphatic heterocycles. The summed E-state index contributed by atoms with van der Waals surface area (Å²) in [5, 5.41) is 15.0. The van der Waals surface area contributed by atoms with Crippen LogP contribution in [0.1, 0.15) is 6.42 Å². The summed E-state index contributed by atoms with van der Waals surface area (Å²) in [5.74, 6) is 0.269. The molecule has 0 bridgehead atoms. The van der Waals surface area contributed by atoms with Crippen molar-refractivity contribution in [3.63, 3.8) is 0 Å². The summed E-state index contributed by atoms with van der Waals surface area (Å²) < 4.78 is 5.33. The van der Waals surface area contributed by atoms with E-state index in [-0.39, 0.29) is 11.5 Å². The zero-order valence-electron chi connectivity index (χ0n) is 14.3. The number of ether oxygens (including phenoxy) is 1. The molecule has 3 rings (SSSR count). The lowest BCUT2D eigenvalue weighted by Gasteiger charge is -2.26. The molecular weight excluding hydrogens is 354 g/mol. The minimum absolute atomic E-state index is 0.0762. The largest absolute Gasteiger partial charge is 0.379 e. The van der Waals surface area contributed by atoms with Crippen LogP contribution in [0, 0.1) is 10.1 Å². The molecule has 0 atom stereocenters. The Hall–Kier alpha value is -2.23. The molecule has 8 nitrogen and oxygen atoms in total. The van der Waals surface area contributed by atoms with Crippen LogP contribution in [-0.4, -0.2) is 59.2 Å². The lowest BCUT2D eigenvalue weighted by Crippen LogP contribution is -2.37. The van der Waals surface area contributed by atoms with Crippen LogP contribution in [0.3, 0.4) is 0 Å². The number of hydrogen-bond donors (Lipinski definition) is 1. The maximum absolute atomic E-state index is 11.6. The molecule has 2 aromatic rings. The number of nitro groups is 1. The molecule has 2 heterocycles. The third-order valence-electron chi connectivity index (χ3n) is 3.98. The van der Waals surface area contributed by atoms with E-state index >= 15 is 0 Å². The number of benzene rings is 1. The molecule has 1 saturated heterocycles. The van der Waals surface area contributed by atoms with Crippen molar-refractivity contribution >= 4 is 23.3 Å². The lowest BCUT2D eigenvalue weighted by atomic mass is 10.3. The predicted octanol–water partition coefficient (Wildman–Crippen LogP) is 2.67. The standard InChI is InChI=1S/C17H21N5O3S/c23-22(24)15-16(18-7-4-8-21-9-11-25-12-10-21)19-13-20-17(15)26-14-5-2-1-3-6-14/h1-3,5-6,13H,4,7-12H2,(H,18,19,20). The second-order valence-corrected chi connectivity index (χ2v) is 6.84. The van der Waals surface area contributed by atoms with Gasteiger partial charge in [0.2, 0.25) is 5.82 Å². The summed E-state index contributed by atoms with van der Waals surface area (Å²) in [6.45, 7) is 4.96. The predicted molar refractivity (Wildman–Crippen MR) is 99.6 cm³/mol. The van der Waals surface area contributed by atoms with Crippen LogP contribution in [0.15, 0.2) is 46.6 Å².